The van der Waals surface area contributed by atoms with Gasteiger partial charge in [-0.2, -0.15) is 13.8 Å². The summed E-state index contributed by atoms with van der Waals surface area (Å²) in [5.41, 5.74) is 1.01. The van der Waals surface area contributed by atoms with E-state index in [1.54, 1.807) is 30.3 Å². The molecule has 24 heavy (non-hydrogen) atoms. The molecule has 0 saturated carbocycles. The zero-order chi connectivity index (χ0) is 17.1. The Morgan fingerprint density at radius 1 is 1.17 bits per heavy atom. The Kier molecular flexibility index (Phi) is 4.61. The molecule has 0 saturated heterocycles. The van der Waals surface area contributed by atoms with Gasteiger partial charge in [-0.1, -0.05) is 22.8 Å². The average Bonchev–Trinajstić information content (AvgIpc) is 3.04. The predicted molar refractivity (Wildman–Crippen MR) is 83.4 cm³/mol. The van der Waals surface area contributed by atoms with Gasteiger partial charge in [0.2, 0.25) is 5.82 Å². The molecular formula is C16H11ClF2N2O3. The number of rotatable bonds is 5. The van der Waals surface area contributed by atoms with Crippen molar-refractivity contribution in [1.29, 1.82) is 0 Å². The number of hydrogen-bond acceptors (Lipinski definition) is 5. The Morgan fingerprint density at radius 2 is 2.00 bits per heavy atom. The van der Waals surface area contributed by atoms with Crippen LogP contribution in [-0.4, -0.2) is 23.9 Å². The summed E-state index contributed by atoms with van der Waals surface area (Å²) in [6.45, 7) is -2.91. The number of ether oxygens (including phenoxy) is 2. The summed E-state index contributed by atoms with van der Waals surface area (Å²) in [6.07, 6.45) is 0. The second-order valence-electron chi connectivity index (χ2n) is 4.67. The summed E-state index contributed by atoms with van der Waals surface area (Å²) in [5.74, 6) is 0.959. The lowest BCUT2D eigenvalue weighted by Crippen LogP contribution is -2.01. The molecule has 0 radical (unpaired) electrons. The van der Waals surface area contributed by atoms with Crippen LogP contribution in [0.2, 0.25) is 5.02 Å². The number of alkyl halides is 2. The predicted octanol–water partition coefficient (Wildman–Crippen LogP) is 4.67. The van der Waals surface area contributed by atoms with Gasteiger partial charge < -0.3 is 14.0 Å². The van der Waals surface area contributed by atoms with E-state index >= 15 is 0 Å². The normalized spacial score (nSPS) is 10.9. The average molecular weight is 353 g/mol. The maximum atomic E-state index is 12.3. The first-order valence-corrected chi connectivity index (χ1v) is 7.17. The highest BCUT2D eigenvalue weighted by atomic mass is 35.5. The number of benzene rings is 2. The van der Waals surface area contributed by atoms with Crippen LogP contribution in [0.3, 0.4) is 0 Å². The summed E-state index contributed by atoms with van der Waals surface area (Å²) >= 11 is 5.99. The lowest BCUT2D eigenvalue weighted by atomic mass is 10.2. The molecular weight excluding hydrogens is 342 g/mol. The fourth-order valence-electron chi connectivity index (χ4n) is 2.11. The highest BCUT2D eigenvalue weighted by Crippen LogP contribution is 2.32. The summed E-state index contributed by atoms with van der Waals surface area (Å²) in [7, 11) is 1.51. The third-order valence-corrected chi connectivity index (χ3v) is 3.37. The van der Waals surface area contributed by atoms with Crippen molar-refractivity contribution in [3.63, 3.8) is 0 Å². The van der Waals surface area contributed by atoms with Crippen molar-refractivity contribution in [3.05, 3.63) is 47.5 Å². The summed E-state index contributed by atoms with van der Waals surface area (Å²) in [6, 6.07) is 11.0. The highest BCUT2D eigenvalue weighted by Gasteiger charge is 2.16. The van der Waals surface area contributed by atoms with E-state index in [-0.39, 0.29) is 17.5 Å². The van der Waals surface area contributed by atoms with Crippen LogP contribution in [0.25, 0.3) is 22.8 Å². The molecule has 1 aromatic heterocycles. The van der Waals surface area contributed by atoms with Gasteiger partial charge >= 0.3 is 6.61 Å². The fraction of sp³-hybridized carbons (Fsp3) is 0.125. The second-order valence-corrected chi connectivity index (χ2v) is 5.11. The molecule has 1 heterocycles. The Bertz CT molecular complexity index is 855. The van der Waals surface area contributed by atoms with Crippen LogP contribution >= 0.6 is 11.6 Å². The van der Waals surface area contributed by atoms with Gasteiger partial charge in [-0.25, -0.2) is 0 Å². The van der Waals surface area contributed by atoms with Gasteiger partial charge in [0, 0.05) is 10.6 Å². The van der Waals surface area contributed by atoms with Crippen LogP contribution in [0, 0.1) is 0 Å². The van der Waals surface area contributed by atoms with Crippen LogP contribution < -0.4 is 9.47 Å². The maximum absolute atomic E-state index is 12.3. The quantitative estimate of drug-likeness (QED) is 0.668. The van der Waals surface area contributed by atoms with Crippen molar-refractivity contribution in [2.45, 2.75) is 6.61 Å². The second kappa shape index (κ2) is 6.84. The van der Waals surface area contributed by atoms with Crippen molar-refractivity contribution >= 4 is 11.6 Å². The largest absolute Gasteiger partial charge is 0.496 e. The van der Waals surface area contributed by atoms with E-state index < -0.39 is 6.61 Å². The first kappa shape index (κ1) is 16.2. The van der Waals surface area contributed by atoms with Crippen LogP contribution in [0.5, 0.6) is 11.5 Å². The van der Waals surface area contributed by atoms with Gasteiger partial charge in [0.15, 0.2) is 0 Å². The van der Waals surface area contributed by atoms with Crippen molar-refractivity contribution in [1.82, 2.24) is 10.1 Å². The molecule has 3 rings (SSSR count). The minimum atomic E-state index is -2.91. The van der Waals surface area contributed by atoms with E-state index in [4.69, 9.17) is 20.9 Å². The molecule has 0 bridgehead atoms. The highest BCUT2D eigenvalue weighted by molar-refractivity contribution is 6.30. The van der Waals surface area contributed by atoms with Gasteiger partial charge in [-0.3, -0.25) is 0 Å². The monoisotopic (exact) mass is 352 g/mol. The first-order chi connectivity index (χ1) is 11.6. The molecule has 0 spiro atoms. The zero-order valence-corrected chi connectivity index (χ0v) is 13.1. The van der Waals surface area contributed by atoms with E-state index in [2.05, 4.69) is 14.9 Å². The van der Waals surface area contributed by atoms with Crippen LogP contribution in [0.15, 0.2) is 47.0 Å². The van der Waals surface area contributed by atoms with Crippen LogP contribution in [0.4, 0.5) is 8.78 Å². The van der Waals surface area contributed by atoms with Crippen molar-refractivity contribution in [3.8, 4) is 34.3 Å². The van der Waals surface area contributed by atoms with Crippen molar-refractivity contribution in [2.75, 3.05) is 7.11 Å². The van der Waals surface area contributed by atoms with E-state index in [1.165, 1.54) is 19.2 Å². The van der Waals surface area contributed by atoms with Crippen LogP contribution in [-0.2, 0) is 0 Å². The Hall–Kier alpha value is -2.67. The number of methoxy groups -OCH3 is 1. The van der Waals surface area contributed by atoms with Gasteiger partial charge in [0.25, 0.3) is 5.89 Å². The van der Waals surface area contributed by atoms with E-state index in [1.807, 2.05) is 0 Å². The number of hydrogen-bond donors (Lipinski definition) is 0. The summed E-state index contributed by atoms with van der Waals surface area (Å²) < 4.78 is 39.4. The smallest absolute Gasteiger partial charge is 0.387 e. The number of halogens is 3. The third-order valence-electron chi connectivity index (χ3n) is 3.13. The Balaban J connectivity index is 1.95. The molecule has 0 atom stereocenters. The molecule has 2 aromatic carbocycles. The van der Waals surface area contributed by atoms with Crippen LogP contribution in [0.1, 0.15) is 0 Å². The minimum absolute atomic E-state index is 0.00239. The summed E-state index contributed by atoms with van der Waals surface area (Å²) in [5, 5.41) is 4.38. The molecule has 124 valence electrons. The molecule has 3 aromatic rings. The Morgan fingerprint density at radius 3 is 2.75 bits per heavy atom. The summed E-state index contributed by atoms with van der Waals surface area (Å²) in [4.78, 5) is 4.26. The third kappa shape index (κ3) is 3.46. The molecule has 0 aliphatic rings. The van der Waals surface area contributed by atoms with E-state index in [0.29, 0.717) is 21.9 Å². The van der Waals surface area contributed by atoms with E-state index in [9.17, 15) is 8.78 Å². The molecule has 0 aliphatic heterocycles. The molecule has 0 aliphatic carbocycles. The van der Waals surface area contributed by atoms with Gasteiger partial charge in [-0.15, -0.1) is 0 Å². The topological polar surface area (TPSA) is 57.4 Å². The van der Waals surface area contributed by atoms with E-state index in [0.717, 1.165) is 0 Å². The van der Waals surface area contributed by atoms with Crippen molar-refractivity contribution < 1.29 is 22.8 Å². The minimum Gasteiger partial charge on any atom is -0.496 e. The molecule has 8 heteroatoms. The lowest BCUT2D eigenvalue weighted by molar-refractivity contribution is -0.0498. The maximum Gasteiger partial charge on any atom is 0.387 e. The molecule has 0 fully saturated rings. The van der Waals surface area contributed by atoms with Crippen molar-refractivity contribution in [2.24, 2.45) is 0 Å². The van der Waals surface area contributed by atoms with Gasteiger partial charge in [0.1, 0.15) is 11.5 Å². The Labute approximate surface area is 140 Å². The molecule has 5 nitrogen and oxygen atoms in total. The molecule has 0 unspecified atom stereocenters. The number of nitrogens with zero attached hydrogens (tertiary/aromatic N) is 2. The fourth-order valence-corrected chi connectivity index (χ4v) is 2.28. The molecule has 0 N–H and O–H groups in total. The lowest BCUT2D eigenvalue weighted by Gasteiger charge is -2.05. The van der Waals surface area contributed by atoms with Gasteiger partial charge in [-0.05, 0) is 36.4 Å². The zero-order valence-electron chi connectivity index (χ0n) is 12.4. The SMILES string of the molecule is COc1ccc(Cl)cc1-c1noc(-c2cccc(OC(F)F)c2)n1. The van der Waals surface area contributed by atoms with Gasteiger partial charge in [0.05, 0.1) is 12.7 Å². The first-order valence-electron chi connectivity index (χ1n) is 6.79. The molecule has 0 amide bonds. The number of aromatic nitrogens is 2. The standard InChI is InChI=1S/C16H11ClF2N2O3/c1-22-13-6-5-10(17)8-12(13)14-20-15(24-21-14)9-3-2-4-11(7-9)23-16(18)19/h2-8,16H,1H3.